The molecule has 0 fully saturated rings. The highest BCUT2D eigenvalue weighted by atomic mass is 32.2. The van der Waals surface area contributed by atoms with E-state index >= 15 is 0 Å². The quantitative estimate of drug-likeness (QED) is 0.701. The average molecular weight is 329 g/mol. The lowest BCUT2D eigenvalue weighted by Crippen LogP contribution is -2.23. The van der Waals surface area contributed by atoms with Gasteiger partial charge in [0.15, 0.2) is 5.82 Å². The van der Waals surface area contributed by atoms with Crippen LogP contribution in [0.15, 0.2) is 22.0 Å². The van der Waals surface area contributed by atoms with Gasteiger partial charge in [-0.05, 0) is 30.0 Å². The Labute approximate surface area is 128 Å². The maximum absolute atomic E-state index is 12.2. The molecule has 0 bridgehead atoms. The van der Waals surface area contributed by atoms with Crippen LogP contribution in [0.1, 0.15) is 24.7 Å². The van der Waals surface area contributed by atoms with Crippen LogP contribution >= 0.6 is 11.3 Å². The first-order valence-corrected chi connectivity index (χ1v) is 9.00. The van der Waals surface area contributed by atoms with E-state index in [1.54, 1.807) is 13.1 Å². The summed E-state index contributed by atoms with van der Waals surface area (Å²) in [6, 6.07) is 1.70. The topological polar surface area (TPSA) is 88.9 Å². The number of rotatable bonds is 8. The number of thiophene rings is 1. The Morgan fingerprint density at radius 2 is 2.19 bits per heavy atom. The molecule has 0 spiro atoms. The number of aryl methyl sites for hydroxylation is 1. The molecule has 0 amide bonds. The van der Waals surface area contributed by atoms with Gasteiger partial charge < -0.3 is 5.32 Å². The number of sulfonamides is 1. The molecule has 0 atom stereocenters. The number of nitrogens with zero attached hydrogens (tertiary/aromatic N) is 3. The van der Waals surface area contributed by atoms with Crippen molar-refractivity contribution in [3.8, 4) is 0 Å². The van der Waals surface area contributed by atoms with Gasteiger partial charge in [0.05, 0.1) is 6.54 Å². The average Bonchev–Trinajstić information content (AvgIpc) is 3.06. The van der Waals surface area contributed by atoms with Crippen LogP contribution in [0.4, 0.5) is 0 Å². The highest BCUT2D eigenvalue weighted by Crippen LogP contribution is 2.20. The summed E-state index contributed by atoms with van der Waals surface area (Å²) >= 11 is 1.22. The third kappa shape index (κ3) is 4.60. The molecule has 2 aromatic heterocycles. The molecule has 9 heteroatoms. The van der Waals surface area contributed by atoms with Crippen molar-refractivity contribution in [2.24, 2.45) is 7.05 Å². The first-order valence-electron chi connectivity index (χ1n) is 6.63. The first-order chi connectivity index (χ1) is 10.0. The van der Waals surface area contributed by atoms with Crippen molar-refractivity contribution in [2.75, 3.05) is 6.54 Å². The molecular formula is C12H19N5O2S2. The van der Waals surface area contributed by atoms with Crippen LogP contribution in [0.5, 0.6) is 0 Å². The standard InChI is InChI=1S/C12H19N5O2S2/c1-3-4-13-6-10-5-12(20-8-10)21(18,19)15-7-11-14-9-17(2)16-11/h5,8-9,13,15H,3-4,6-7H2,1-2H3. The summed E-state index contributed by atoms with van der Waals surface area (Å²) in [5.74, 6) is 0.447. The lowest BCUT2D eigenvalue weighted by atomic mass is 10.3. The largest absolute Gasteiger partial charge is 0.313 e. The lowest BCUT2D eigenvalue weighted by molar-refractivity contribution is 0.580. The van der Waals surface area contributed by atoms with Crippen molar-refractivity contribution in [2.45, 2.75) is 30.6 Å². The molecule has 0 radical (unpaired) electrons. The summed E-state index contributed by atoms with van der Waals surface area (Å²) in [7, 11) is -1.77. The second kappa shape index (κ2) is 7.12. The van der Waals surface area contributed by atoms with E-state index in [0.29, 0.717) is 16.6 Å². The Morgan fingerprint density at radius 1 is 1.38 bits per heavy atom. The Kier molecular flexibility index (Phi) is 5.45. The minimum absolute atomic E-state index is 0.0878. The van der Waals surface area contributed by atoms with Crippen molar-refractivity contribution in [1.29, 1.82) is 0 Å². The van der Waals surface area contributed by atoms with Crippen molar-refractivity contribution < 1.29 is 8.42 Å². The smallest absolute Gasteiger partial charge is 0.250 e. The monoisotopic (exact) mass is 329 g/mol. The van der Waals surface area contributed by atoms with Crippen molar-refractivity contribution in [1.82, 2.24) is 24.8 Å². The number of nitrogens with one attached hydrogen (secondary N) is 2. The predicted molar refractivity (Wildman–Crippen MR) is 81.3 cm³/mol. The Bertz CT molecular complexity index is 677. The summed E-state index contributed by atoms with van der Waals surface area (Å²) in [6.45, 7) is 3.78. The SMILES string of the molecule is CCCNCc1csc(S(=O)(=O)NCc2ncn(C)n2)c1. The molecule has 2 heterocycles. The molecule has 116 valence electrons. The highest BCUT2D eigenvalue weighted by molar-refractivity contribution is 7.91. The van der Waals surface area contributed by atoms with Gasteiger partial charge in [0.1, 0.15) is 10.5 Å². The van der Waals surface area contributed by atoms with E-state index in [9.17, 15) is 8.42 Å². The minimum Gasteiger partial charge on any atom is -0.313 e. The number of hydrogen-bond acceptors (Lipinski definition) is 6. The number of hydrogen-bond donors (Lipinski definition) is 2. The van der Waals surface area contributed by atoms with Crippen molar-refractivity contribution in [3.63, 3.8) is 0 Å². The maximum Gasteiger partial charge on any atom is 0.250 e. The van der Waals surface area contributed by atoms with Gasteiger partial charge in [-0.3, -0.25) is 4.68 Å². The second-order valence-corrected chi connectivity index (χ2v) is 7.51. The molecule has 0 saturated carbocycles. The zero-order valence-electron chi connectivity index (χ0n) is 12.0. The predicted octanol–water partition coefficient (Wildman–Crippen LogP) is 0.855. The van der Waals surface area contributed by atoms with Crippen LogP contribution in [0, 0.1) is 0 Å². The summed E-state index contributed by atoms with van der Waals surface area (Å²) in [5, 5.41) is 9.14. The highest BCUT2D eigenvalue weighted by Gasteiger charge is 2.17. The molecule has 0 unspecified atom stereocenters. The lowest BCUT2D eigenvalue weighted by Gasteiger charge is -2.02. The fraction of sp³-hybridized carbons (Fsp3) is 0.500. The van der Waals surface area contributed by atoms with E-state index < -0.39 is 10.0 Å². The molecule has 0 aliphatic heterocycles. The molecule has 2 N–H and O–H groups in total. The van der Waals surface area contributed by atoms with Crippen LogP contribution in [0.2, 0.25) is 0 Å². The van der Waals surface area contributed by atoms with E-state index in [-0.39, 0.29) is 6.54 Å². The third-order valence-electron chi connectivity index (χ3n) is 2.72. The van der Waals surface area contributed by atoms with Crippen LogP contribution < -0.4 is 10.0 Å². The summed E-state index contributed by atoms with van der Waals surface area (Å²) in [4.78, 5) is 3.99. The fourth-order valence-corrected chi connectivity index (χ4v) is 3.93. The Morgan fingerprint density at radius 3 is 2.86 bits per heavy atom. The van der Waals surface area contributed by atoms with Crippen molar-refractivity contribution in [3.05, 3.63) is 29.2 Å². The van der Waals surface area contributed by atoms with E-state index in [1.165, 1.54) is 22.3 Å². The Hall–Kier alpha value is -1.29. The molecule has 0 aromatic carbocycles. The van der Waals surface area contributed by atoms with Gasteiger partial charge in [-0.1, -0.05) is 6.92 Å². The van der Waals surface area contributed by atoms with Crippen LogP contribution in [-0.4, -0.2) is 29.7 Å². The summed E-state index contributed by atoms with van der Waals surface area (Å²) in [6.07, 6.45) is 2.58. The molecule has 0 aliphatic rings. The maximum atomic E-state index is 12.2. The molecule has 0 aliphatic carbocycles. The number of aromatic nitrogens is 3. The molecule has 2 rings (SSSR count). The summed E-state index contributed by atoms with van der Waals surface area (Å²) < 4.78 is 28.7. The van der Waals surface area contributed by atoms with Gasteiger partial charge in [-0.15, -0.1) is 11.3 Å². The Balaban J connectivity index is 1.95. The van der Waals surface area contributed by atoms with Gasteiger partial charge in [0.2, 0.25) is 10.0 Å². The fourth-order valence-electron chi connectivity index (χ4n) is 1.69. The van der Waals surface area contributed by atoms with Crippen LogP contribution in [-0.2, 0) is 30.2 Å². The zero-order chi connectivity index (χ0) is 15.3. The van der Waals surface area contributed by atoms with Gasteiger partial charge in [-0.2, -0.15) is 5.10 Å². The van der Waals surface area contributed by atoms with Gasteiger partial charge in [0, 0.05) is 13.6 Å². The minimum atomic E-state index is -3.51. The third-order valence-corrected chi connectivity index (χ3v) is 5.61. The van der Waals surface area contributed by atoms with E-state index in [2.05, 4.69) is 27.0 Å². The molecule has 0 saturated heterocycles. The van der Waals surface area contributed by atoms with Gasteiger partial charge in [0.25, 0.3) is 0 Å². The molecule has 7 nitrogen and oxygen atoms in total. The van der Waals surface area contributed by atoms with Crippen LogP contribution in [0.25, 0.3) is 0 Å². The first kappa shape index (κ1) is 16.1. The molecular weight excluding hydrogens is 310 g/mol. The van der Waals surface area contributed by atoms with Crippen LogP contribution in [0.3, 0.4) is 0 Å². The van der Waals surface area contributed by atoms with Gasteiger partial charge >= 0.3 is 0 Å². The van der Waals surface area contributed by atoms with E-state index in [1.807, 2.05) is 5.38 Å². The van der Waals surface area contributed by atoms with Crippen molar-refractivity contribution >= 4 is 21.4 Å². The van der Waals surface area contributed by atoms with Gasteiger partial charge in [-0.25, -0.2) is 18.1 Å². The van der Waals surface area contributed by atoms with E-state index in [4.69, 9.17) is 0 Å². The molecule has 21 heavy (non-hydrogen) atoms. The second-order valence-electron chi connectivity index (χ2n) is 4.61. The molecule has 2 aromatic rings. The van der Waals surface area contributed by atoms with E-state index in [0.717, 1.165) is 18.5 Å². The normalized spacial score (nSPS) is 11.9. The zero-order valence-corrected chi connectivity index (χ0v) is 13.7. The summed E-state index contributed by atoms with van der Waals surface area (Å²) in [5.41, 5.74) is 0.977.